The van der Waals surface area contributed by atoms with E-state index in [1.54, 1.807) is 6.07 Å². The maximum atomic E-state index is 12.4. The van der Waals surface area contributed by atoms with Gasteiger partial charge in [0.25, 0.3) is 0 Å². The van der Waals surface area contributed by atoms with Gasteiger partial charge in [-0.2, -0.15) is 13.2 Å². The van der Waals surface area contributed by atoms with Gasteiger partial charge in [-0.3, -0.25) is 4.79 Å². The number of benzene rings is 1. The molecular formula is C16H17F3N2O3. The number of nitrogens with one attached hydrogen (secondary N) is 1. The second-order valence-corrected chi connectivity index (χ2v) is 5.89. The zero-order chi connectivity index (χ0) is 17.2. The van der Waals surface area contributed by atoms with Crippen LogP contribution in [0.25, 0.3) is 11.0 Å². The zero-order valence-corrected chi connectivity index (χ0v) is 12.9. The summed E-state index contributed by atoms with van der Waals surface area (Å²) < 4.78 is 47.1. The second kappa shape index (κ2) is 6.70. The maximum absolute atomic E-state index is 12.4. The number of nitrogens with zero attached hydrogens (tertiary/aromatic N) is 1. The van der Waals surface area contributed by atoms with E-state index >= 15 is 0 Å². The van der Waals surface area contributed by atoms with Crippen molar-refractivity contribution in [2.75, 3.05) is 11.9 Å². The summed E-state index contributed by atoms with van der Waals surface area (Å²) in [6.45, 7) is -1.42. The van der Waals surface area contributed by atoms with Gasteiger partial charge >= 0.3 is 6.18 Å². The molecule has 0 saturated heterocycles. The lowest BCUT2D eigenvalue weighted by molar-refractivity contribution is -0.153. The first-order chi connectivity index (χ1) is 11.4. The third kappa shape index (κ3) is 3.80. The number of hydrogen-bond donors (Lipinski definition) is 1. The quantitative estimate of drug-likeness (QED) is 0.900. The molecule has 0 bridgehead atoms. The summed E-state index contributed by atoms with van der Waals surface area (Å²) in [5.41, 5.74) is 0.258. The molecule has 0 unspecified atom stereocenters. The highest BCUT2D eigenvalue weighted by Gasteiger charge is 2.29. The molecule has 0 radical (unpaired) electrons. The fraction of sp³-hybridized carbons (Fsp3) is 0.500. The van der Waals surface area contributed by atoms with Crippen molar-refractivity contribution in [1.82, 2.24) is 5.16 Å². The van der Waals surface area contributed by atoms with E-state index in [0.717, 1.165) is 32.1 Å². The van der Waals surface area contributed by atoms with Crippen LogP contribution >= 0.6 is 0 Å². The van der Waals surface area contributed by atoms with Crippen molar-refractivity contribution in [3.05, 3.63) is 18.2 Å². The van der Waals surface area contributed by atoms with Crippen LogP contribution in [-0.2, 0) is 4.79 Å². The molecule has 0 spiro atoms. The minimum atomic E-state index is -4.45. The van der Waals surface area contributed by atoms with Gasteiger partial charge in [-0.25, -0.2) is 0 Å². The van der Waals surface area contributed by atoms with Crippen LogP contribution in [0, 0.1) is 5.92 Å². The van der Waals surface area contributed by atoms with Crippen molar-refractivity contribution in [2.45, 2.75) is 38.3 Å². The number of carbonyl (C=O) groups is 1. The van der Waals surface area contributed by atoms with Crippen molar-refractivity contribution in [1.29, 1.82) is 0 Å². The molecule has 3 rings (SSSR count). The fourth-order valence-corrected chi connectivity index (χ4v) is 2.91. The summed E-state index contributed by atoms with van der Waals surface area (Å²) in [6.07, 6.45) is 0.268. The predicted octanol–water partition coefficient (Wildman–Crippen LogP) is 4.29. The highest BCUT2D eigenvalue weighted by atomic mass is 19.4. The SMILES string of the molecule is O=C(Nc1noc2cccc(OCC(F)(F)F)c12)C1CCCCC1. The van der Waals surface area contributed by atoms with Crippen molar-refractivity contribution < 1.29 is 27.2 Å². The summed E-state index contributed by atoms with van der Waals surface area (Å²) in [6, 6.07) is 4.45. The lowest BCUT2D eigenvalue weighted by Crippen LogP contribution is -2.25. The Hall–Kier alpha value is -2.25. The molecule has 1 heterocycles. The van der Waals surface area contributed by atoms with Crippen LogP contribution in [0.2, 0.25) is 0 Å². The van der Waals surface area contributed by atoms with E-state index in [9.17, 15) is 18.0 Å². The highest BCUT2D eigenvalue weighted by Crippen LogP contribution is 2.34. The summed E-state index contributed by atoms with van der Waals surface area (Å²) >= 11 is 0. The molecule has 8 heteroatoms. The van der Waals surface area contributed by atoms with Crippen molar-refractivity contribution in [3.8, 4) is 5.75 Å². The van der Waals surface area contributed by atoms with Crippen LogP contribution in [0.4, 0.5) is 19.0 Å². The van der Waals surface area contributed by atoms with E-state index < -0.39 is 12.8 Å². The van der Waals surface area contributed by atoms with Crippen LogP contribution < -0.4 is 10.1 Å². The number of alkyl halides is 3. The van der Waals surface area contributed by atoms with Gasteiger partial charge in [-0.15, -0.1) is 0 Å². The molecule has 1 aromatic carbocycles. The van der Waals surface area contributed by atoms with Crippen LogP contribution in [0.15, 0.2) is 22.7 Å². The maximum Gasteiger partial charge on any atom is 0.422 e. The van der Waals surface area contributed by atoms with Crippen LogP contribution in [0.5, 0.6) is 5.75 Å². The molecule has 24 heavy (non-hydrogen) atoms. The van der Waals surface area contributed by atoms with E-state index in [4.69, 9.17) is 9.26 Å². The average molecular weight is 342 g/mol. The first-order valence-corrected chi connectivity index (χ1v) is 7.83. The normalized spacial score (nSPS) is 16.3. The number of aromatic nitrogens is 1. The van der Waals surface area contributed by atoms with Crippen LogP contribution in [0.3, 0.4) is 0 Å². The molecule has 130 valence electrons. The first-order valence-electron chi connectivity index (χ1n) is 7.83. The average Bonchev–Trinajstić information content (AvgIpc) is 2.97. The third-order valence-corrected chi connectivity index (χ3v) is 4.07. The first kappa shape index (κ1) is 16.6. The molecule has 1 saturated carbocycles. The number of rotatable bonds is 4. The Bertz CT molecular complexity index is 721. The third-order valence-electron chi connectivity index (χ3n) is 4.07. The molecule has 2 aromatic rings. The van der Waals surface area contributed by atoms with Crippen LogP contribution in [0.1, 0.15) is 32.1 Å². The van der Waals surface area contributed by atoms with Gasteiger partial charge < -0.3 is 14.6 Å². The number of hydrogen-bond acceptors (Lipinski definition) is 4. The Balaban J connectivity index is 1.81. The number of ether oxygens (including phenoxy) is 1. The van der Waals surface area contributed by atoms with Gasteiger partial charge in [-0.05, 0) is 25.0 Å². The second-order valence-electron chi connectivity index (χ2n) is 5.89. The number of fused-ring (bicyclic) bond motifs is 1. The van der Waals surface area contributed by atoms with E-state index in [1.165, 1.54) is 12.1 Å². The number of anilines is 1. The Morgan fingerprint density at radius 3 is 2.75 bits per heavy atom. The van der Waals surface area contributed by atoms with Gasteiger partial charge in [0.1, 0.15) is 11.1 Å². The lowest BCUT2D eigenvalue weighted by atomic mass is 9.89. The summed E-state index contributed by atoms with van der Waals surface area (Å²) in [5, 5.41) is 6.68. The minimum absolute atomic E-state index is 0.0231. The van der Waals surface area contributed by atoms with E-state index in [1.807, 2.05) is 0 Å². The lowest BCUT2D eigenvalue weighted by Gasteiger charge is -2.20. The zero-order valence-electron chi connectivity index (χ0n) is 12.9. The van der Waals surface area contributed by atoms with Crippen molar-refractivity contribution in [3.63, 3.8) is 0 Å². The molecule has 1 aliphatic rings. The van der Waals surface area contributed by atoms with Gasteiger partial charge in [0, 0.05) is 5.92 Å². The molecule has 0 atom stereocenters. The predicted molar refractivity (Wildman–Crippen MR) is 80.8 cm³/mol. The topological polar surface area (TPSA) is 64.4 Å². The summed E-state index contributed by atoms with van der Waals surface area (Å²) in [4.78, 5) is 12.3. The van der Waals surface area contributed by atoms with E-state index in [0.29, 0.717) is 0 Å². The van der Waals surface area contributed by atoms with E-state index in [-0.39, 0.29) is 34.4 Å². The number of carbonyl (C=O) groups excluding carboxylic acids is 1. The standard InChI is InChI=1S/C16H17F3N2O3/c17-16(18,19)9-23-11-7-4-8-12-13(11)14(21-24-12)20-15(22)10-5-2-1-3-6-10/h4,7-8,10H,1-3,5-6,9H2,(H,20,21,22). The molecule has 1 N–H and O–H groups in total. The Morgan fingerprint density at radius 2 is 2.04 bits per heavy atom. The van der Waals surface area contributed by atoms with Crippen molar-refractivity contribution >= 4 is 22.7 Å². The molecule has 0 aliphatic heterocycles. The smallest absolute Gasteiger partial charge is 0.422 e. The number of halogens is 3. The largest absolute Gasteiger partial charge is 0.483 e. The summed E-state index contributed by atoms with van der Waals surface area (Å²) in [5.74, 6) is -0.215. The molecule has 1 aliphatic carbocycles. The Labute approximate surface area is 136 Å². The van der Waals surface area contributed by atoms with Crippen LogP contribution in [-0.4, -0.2) is 23.8 Å². The molecule has 1 amide bonds. The van der Waals surface area contributed by atoms with Gasteiger partial charge in [-0.1, -0.05) is 30.5 Å². The molecule has 1 fully saturated rings. The minimum Gasteiger partial charge on any atom is -0.483 e. The van der Waals surface area contributed by atoms with Gasteiger partial charge in [0.15, 0.2) is 18.0 Å². The Morgan fingerprint density at radius 1 is 1.29 bits per heavy atom. The fourth-order valence-electron chi connectivity index (χ4n) is 2.91. The monoisotopic (exact) mass is 342 g/mol. The van der Waals surface area contributed by atoms with Gasteiger partial charge in [0.2, 0.25) is 5.91 Å². The summed E-state index contributed by atoms with van der Waals surface area (Å²) in [7, 11) is 0. The van der Waals surface area contributed by atoms with E-state index in [2.05, 4.69) is 10.5 Å². The van der Waals surface area contributed by atoms with Gasteiger partial charge in [0.05, 0.1) is 0 Å². The highest BCUT2D eigenvalue weighted by molar-refractivity contribution is 6.02. The molecular weight excluding hydrogens is 325 g/mol. The number of amides is 1. The van der Waals surface area contributed by atoms with Crippen molar-refractivity contribution in [2.24, 2.45) is 5.92 Å². The molecule has 1 aromatic heterocycles. The Kier molecular flexibility index (Phi) is 4.64. The molecule has 5 nitrogen and oxygen atoms in total.